The molecule has 0 bridgehead atoms. The van der Waals surface area contributed by atoms with E-state index in [9.17, 15) is 18.0 Å². The summed E-state index contributed by atoms with van der Waals surface area (Å²) in [5, 5.41) is 9.65. The van der Waals surface area contributed by atoms with Crippen LogP contribution in [0.3, 0.4) is 0 Å². The third kappa shape index (κ3) is 9.78. The Hall–Kier alpha value is -3.02. The number of anilines is 1. The van der Waals surface area contributed by atoms with Crippen molar-refractivity contribution in [3.8, 4) is 11.5 Å². The minimum atomic E-state index is -4.01. The number of ether oxygens (including phenoxy) is 1. The highest BCUT2D eigenvalue weighted by molar-refractivity contribution is 7.92. The van der Waals surface area contributed by atoms with Gasteiger partial charge in [0.25, 0.3) is 15.9 Å². The van der Waals surface area contributed by atoms with Crippen LogP contribution in [0.25, 0.3) is 0 Å². The van der Waals surface area contributed by atoms with Crippen LogP contribution in [0, 0.1) is 5.92 Å². The van der Waals surface area contributed by atoms with Gasteiger partial charge in [0.1, 0.15) is 5.75 Å². The number of halogens is 3. The molecule has 0 aromatic heterocycles. The van der Waals surface area contributed by atoms with Crippen LogP contribution in [-0.4, -0.2) is 46.4 Å². The minimum absolute atomic E-state index is 0. The lowest BCUT2D eigenvalue weighted by Gasteiger charge is -2.22. The molecule has 0 aliphatic carbocycles. The van der Waals surface area contributed by atoms with Gasteiger partial charge in [-0.25, -0.2) is 8.42 Å². The van der Waals surface area contributed by atoms with Crippen molar-refractivity contribution in [1.82, 2.24) is 16.0 Å². The van der Waals surface area contributed by atoms with E-state index in [1.807, 2.05) is 0 Å². The molecule has 226 valence electrons. The van der Waals surface area contributed by atoms with Crippen molar-refractivity contribution in [2.24, 2.45) is 5.92 Å². The van der Waals surface area contributed by atoms with E-state index in [4.69, 9.17) is 27.9 Å². The molecule has 3 aromatic rings. The number of rotatable bonds is 12. The molecule has 3 aromatic carbocycles. The first-order valence-electron chi connectivity index (χ1n) is 13.3. The molecule has 0 spiro atoms. The number of amides is 2. The standard InChI is InChI=1S/C29H32Cl2N4O5S.ClH/c30-22-7-10-26(24(31)19-22)40-27-4-2-1-3-25(27)35-41(38,39)23-8-5-21(6-9-23)29(37)34-18-14-28(36)33-17-13-20-11-15-32-16-12-20;/h1-10,19-20,32,35H,11-18H2,(H,33,36)(H,34,37);1H. The van der Waals surface area contributed by atoms with E-state index in [0.29, 0.717) is 23.2 Å². The first-order valence-corrected chi connectivity index (χ1v) is 15.6. The number of hydrogen-bond acceptors (Lipinski definition) is 6. The molecule has 1 fully saturated rings. The summed E-state index contributed by atoms with van der Waals surface area (Å²) in [5.74, 6) is 0.673. The van der Waals surface area contributed by atoms with Crippen molar-refractivity contribution >= 4 is 63.1 Å². The molecule has 0 radical (unpaired) electrons. The highest BCUT2D eigenvalue weighted by Crippen LogP contribution is 2.35. The minimum Gasteiger partial charge on any atom is -0.454 e. The summed E-state index contributed by atoms with van der Waals surface area (Å²) in [6.07, 6.45) is 3.38. The van der Waals surface area contributed by atoms with Crippen LogP contribution in [-0.2, 0) is 14.8 Å². The first-order chi connectivity index (χ1) is 19.7. The Bertz CT molecular complexity index is 1470. The topological polar surface area (TPSA) is 126 Å². The summed E-state index contributed by atoms with van der Waals surface area (Å²) in [5.41, 5.74) is 0.478. The summed E-state index contributed by atoms with van der Waals surface area (Å²) < 4.78 is 34.5. The van der Waals surface area contributed by atoms with E-state index in [1.165, 1.54) is 30.3 Å². The van der Waals surface area contributed by atoms with Crippen LogP contribution in [0.1, 0.15) is 36.0 Å². The summed E-state index contributed by atoms with van der Waals surface area (Å²) >= 11 is 12.1. The number of para-hydroxylation sites is 2. The molecular formula is C29H33Cl3N4O5S. The molecule has 13 heteroatoms. The van der Waals surface area contributed by atoms with E-state index in [1.54, 1.807) is 36.4 Å². The van der Waals surface area contributed by atoms with Gasteiger partial charge in [0.05, 0.1) is 15.6 Å². The molecule has 4 N–H and O–H groups in total. The van der Waals surface area contributed by atoms with Gasteiger partial charge < -0.3 is 20.7 Å². The predicted octanol–water partition coefficient (Wildman–Crippen LogP) is 5.63. The van der Waals surface area contributed by atoms with Crippen LogP contribution < -0.4 is 25.4 Å². The highest BCUT2D eigenvalue weighted by Gasteiger charge is 2.19. The Morgan fingerprint density at radius 2 is 1.62 bits per heavy atom. The Balaban J connectivity index is 0.00000484. The summed E-state index contributed by atoms with van der Waals surface area (Å²) in [6, 6.07) is 16.7. The maximum atomic E-state index is 13.1. The second-order valence-corrected chi connectivity index (χ2v) is 12.2. The van der Waals surface area contributed by atoms with Gasteiger partial charge in [-0.1, -0.05) is 35.3 Å². The van der Waals surface area contributed by atoms with E-state index in [-0.39, 0.29) is 58.2 Å². The molecule has 1 aliphatic heterocycles. The normalized spacial score (nSPS) is 13.5. The number of benzene rings is 3. The molecule has 9 nitrogen and oxygen atoms in total. The molecule has 1 heterocycles. The number of hydrogen-bond donors (Lipinski definition) is 4. The monoisotopic (exact) mass is 654 g/mol. The average molecular weight is 656 g/mol. The van der Waals surface area contributed by atoms with Gasteiger partial charge >= 0.3 is 0 Å². The second-order valence-electron chi connectivity index (χ2n) is 9.64. The summed E-state index contributed by atoms with van der Waals surface area (Å²) in [6.45, 7) is 2.86. The maximum absolute atomic E-state index is 13.1. The highest BCUT2D eigenvalue weighted by atomic mass is 35.5. The van der Waals surface area contributed by atoms with Gasteiger partial charge in [0, 0.05) is 30.1 Å². The SMILES string of the molecule is Cl.O=C(CCNC(=O)c1ccc(S(=O)(=O)Nc2ccccc2Oc2ccc(Cl)cc2Cl)cc1)NCCC1CCNCC1. The smallest absolute Gasteiger partial charge is 0.262 e. The second kappa shape index (κ2) is 16.0. The van der Waals surface area contributed by atoms with E-state index >= 15 is 0 Å². The zero-order chi connectivity index (χ0) is 29.2. The van der Waals surface area contributed by atoms with E-state index in [0.717, 1.165) is 32.4 Å². The van der Waals surface area contributed by atoms with Crippen molar-refractivity contribution in [1.29, 1.82) is 0 Å². The van der Waals surface area contributed by atoms with Gasteiger partial charge in [-0.2, -0.15) is 0 Å². The van der Waals surface area contributed by atoms with Crippen molar-refractivity contribution in [3.05, 3.63) is 82.3 Å². The first kappa shape index (κ1) is 33.5. The fourth-order valence-corrected chi connectivity index (χ4v) is 5.89. The molecule has 1 saturated heterocycles. The average Bonchev–Trinajstić information content (AvgIpc) is 2.96. The van der Waals surface area contributed by atoms with Crippen LogP contribution in [0.5, 0.6) is 11.5 Å². The largest absolute Gasteiger partial charge is 0.454 e. The van der Waals surface area contributed by atoms with Crippen LogP contribution in [0.15, 0.2) is 71.6 Å². The molecule has 42 heavy (non-hydrogen) atoms. The van der Waals surface area contributed by atoms with Gasteiger partial charge in [-0.3, -0.25) is 14.3 Å². The molecule has 1 aliphatic rings. The Kier molecular flexibility index (Phi) is 12.8. The lowest BCUT2D eigenvalue weighted by atomic mass is 9.95. The Morgan fingerprint density at radius 3 is 2.33 bits per heavy atom. The molecule has 0 unspecified atom stereocenters. The van der Waals surface area contributed by atoms with E-state index < -0.39 is 15.9 Å². The van der Waals surface area contributed by atoms with Crippen molar-refractivity contribution in [3.63, 3.8) is 0 Å². The van der Waals surface area contributed by atoms with Gasteiger partial charge in [0.15, 0.2) is 5.75 Å². The lowest BCUT2D eigenvalue weighted by molar-refractivity contribution is -0.121. The summed E-state index contributed by atoms with van der Waals surface area (Å²) in [7, 11) is -4.01. The molecule has 0 saturated carbocycles. The number of sulfonamides is 1. The zero-order valence-corrected chi connectivity index (χ0v) is 25.8. The fraction of sp³-hybridized carbons (Fsp3) is 0.310. The van der Waals surface area contributed by atoms with E-state index in [2.05, 4.69) is 20.7 Å². The van der Waals surface area contributed by atoms with Crippen LogP contribution in [0.4, 0.5) is 5.69 Å². The third-order valence-corrected chi connectivity index (χ3v) is 8.56. The predicted molar refractivity (Wildman–Crippen MR) is 168 cm³/mol. The van der Waals surface area contributed by atoms with Crippen molar-refractivity contribution < 1.29 is 22.7 Å². The third-order valence-electron chi connectivity index (χ3n) is 6.64. The number of carbonyl (C=O) groups is 2. The maximum Gasteiger partial charge on any atom is 0.262 e. The fourth-order valence-electron chi connectivity index (χ4n) is 4.37. The van der Waals surface area contributed by atoms with Gasteiger partial charge in [-0.05, 0) is 92.9 Å². The quantitative estimate of drug-likeness (QED) is 0.200. The van der Waals surface area contributed by atoms with Gasteiger partial charge in [0.2, 0.25) is 5.91 Å². The lowest BCUT2D eigenvalue weighted by Crippen LogP contribution is -2.33. The summed E-state index contributed by atoms with van der Waals surface area (Å²) in [4.78, 5) is 24.6. The zero-order valence-electron chi connectivity index (χ0n) is 22.7. The Labute approximate surface area is 262 Å². The Morgan fingerprint density at radius 1 is 0.905 bits per heavy atom. The van der Waals surface area contributed by atoms with Crippen molar-refractivity contribution in [2.75, 3.05) is 30.9 Å². The number of nitrogens with one attached hydrogen (secondary N) is 4. The number of carbonyl (C=O) groups excluding carboxylic acids is 2. The molecule has 2 amide bonds. The van der Waals surface area contributed by atoms with Gasteiger partial charge in [-0.15, -0.1) is 12.4 Å². The van der Waals surface area contributed by atoms with Crippen molar-refractivity contribution in [2.45, 2.75) is 30.6 Å². The molecular weight excluding hydrogens is 623 g/mol. The molecule has 0 atom stereocenters. The van der Waals surface area contributed by atoms with Crippen LogP contribution >= 0.6 is 35.6 Å². The number of piperidine rings is 1. The van der Waals surface area contributed by atoms with Crippen LogP contribution in [0.2, 0.25) is 10.0 Å². The molecule has 4 rings (SSSR count).